The molecule has 1 heterocycles. The molecule has 1 aromatic heterocycles. The molecule has 0 unspecified atom stereocenters. The molecule has 3 rings (SSSR count). The summed E-state index contributed by atoms with van der Waals surface area (Å²) in [7, 11) is 0. The minimum atomic E-state index is -4.89. The van der Waals surface area contributed by atoms with E-state index in [0.29, 0.717) is 0 Å². The van der Waals surface area contributed by atoms with Gasteiger partial charge in [0, 0.05) is 23.9 Å². The van der Waals surface area contributed by atoms with Crippen LogP contribution in [0.5, 0.6) is 5.75 Å². The minimum Gasteiger partial charge on any atom is -0.406 e. The van der Waals surface area contributed by atoms with Gasteiger partial charge in [0.2, 0.25) is 5.95 Å². The number of alkyl halides is 6. The van der Waals surface area contributed by atoms with Gasteiger partial charge in [0.25, 0.3) is 0 Å². The van der Waals surface area contributed by atoms with Crippen molar-refractivity contribution in [2.75, 3.05) is 23.8 Å². The Balaban J connectivity index is 1.99. The minimum absolute atomic E-state index is 0.0126. The molecule has 176 valence electrons. The molecule has 33 heavy (non-hydrogen) atoms. The lowest BCUT2D eigenvalue weighted by Gasteiger charge is -2.14. The molecule has 0 saturated heterocycles. The van der Waals surface area contributed by atoms with E-state index in [9.17, 15) is 26.3 Å². The summed E-state index contributed by atoms with van der Waals surface area (Å²) < 4.78 is 81.0. The van der Waals surface area contributed by atoms with Gasteiger partial charge in [-0.05, 0) is 30.3 Å². The van der Waals surface area contributed by atoms with E-state index in [1.54, 1.807) is 0 Å². The largest absolute Gasteiger partial charge is 0.573 e. The number of aromatic nitrogens is 2. The van der Waals surface area contributed by atoms with Crippen LogP contribution in [0.15, 0.2) is 48.5 Å². The highest BCUT2D eigenvalue weighted by Gasteiger charge is 2.33. The molecule has 3 N–H and O–H groups in total. The van der Waals surface area contributed by atoms with E-state index in [-0.39, 0.29) is 41.9 Å². The molecule has 2 aromatic carbocycles. The summed E-state index contributed by atoms with van der Waals surface area (Å²) in [5.41, 5.74) is -0.676. The topological polar surface area (TPSA) is 79.3 Å². The van der Waals surface area contributed by atoms with Crippen molar-refractivity contribution < 1.29 is 36.2 Å². The number of rotatable bonds is 7. The molecular formula is C20H15ClF6N4O2. The Hall–Kier alpha value is -3.25. The number of nitrogens with zero attached hydrogens (tertiary/aromatic N) is 2. The zero-order chi connectivity index (χ0) is 24.2. The average Bonchev–Trinajstić information content (AvgIpc) is 2.71. The molecule has 0 saturated carbocycles. The maximum atomic E-state index is 13.1. The van der Waals surface area contributed by atoms with Crippen molar-refractivity contribution in [3.63, 3.8) is 0 Å². The summed E-state index contributed by atoms with van der Waals surface area (Å²) in [6.45, 7) is -0.212. The molecule has 0 fully saturated rings. The van der Waals surface area contributed by atoms with E-state index in [1.165, 1.54) is 24.3 Å². The van der Waals surface area contributed by atoms with Gasteiger partial charge in [-0.15, -0.1) is 13.2 Å². The van der Waals surface area contributed by atoms with Crippen LogP contribution in [0, 0.1) is 0 Å². The molecule has 13 heteroatoms. The first kappa shape index (κ1) is 24.4. The van der Waals surface area contributed by atoms with Crippen LogP contribution in [0.3, 0.4) is 0 Å². The van der Waals surface area contributed by atoms with Crippen molar-refractivity contribution in [2.45, 2.75) is 12.5 Å². The van der Waals surface area contributed by atoms with Crippen LogP contribution >= 0.6 is 11.6 Å². The van der Waals surface area contributed by atoms with Gasteiger partial charge in [-0.3, -0.25) is 0 Å². The number of aliphatic hydroxyl groups is 1. The first-order valence-corrected chi connectivity index (χ1v) is 9.56. The van der Waals surface area contributed by atoms with Gasteiger partial charge in [-0.25, -0.2) is 4.98 Å². The van der Waals surface area contributed by atoms with Crippen LogP contribution in [-0.4, -0.2) is 34.6 Å². The van der Waals surface area contributed by atoms with Gasteiger partial charge >= 0.3 is 12.5 Å². The Morgan fingerprint density at radius 3 is 2.39 bits per heavy atom. The third kappa shape index (κ3) is 6.86. The van der Waals surface area contributed by atoms with E-state index < -0.39 is 28.9 Å². The number of halogens is 7. The van der Waals surface area contributed by atoms with Crippen molar-refractivity contribution in [2.24, 2.45) is 0 Å². The van der Waals surface area contributed by atoms with Crippen LogP contribution in [0.1, 0.15) is 5.56 Å². The van der Waals surface area contributed by atoms with Crippen LogP contribution in [-0.2, 0) is 6.18 Å². The maximum absolute atomic E-state index is 13.1. The van der Waals surface area contributed by atoms with Gasteiger partial charge in [-0.1, -0.05) is 23.7 Å². The highest BCUT2D eigenvalue weighted by molar-refractivity contribution is 6.31. The van der Waals surface area contributed by atoms with Crippen LogP contribution < -0.4 is 15.4 Å². The molecule has 6 nitrogen and oxygen atoms in total. The number of ether oxygens (including phenoxy) is 1. The van der Waals surface area contributed by atoms with Crippen molar-refractivity contribution in [3.8, 4) is 17.0 Å². The lowest BCUT2D eigenvalue weighted by atomic mass is 10.1. The van der Waals surface area contributed by atoms with Crippen LogP contribution in [0.25, 0.3) is 11.3 Å². The van der Waals surface area contributed by atoms with E-state index in [1.807, 2.05) is 0 Å². The number of nitrogens with one attached hydrogen (secondary N) is 2. The fraction of sp³-hybridized carbons (Fsp3) is 0.200. The number of aliphatic hydroxyl groups excluding tert-OH is 1. The Bertz CT molecular complexity index is 1120. The Morgan fingerprint density at radius 2 is 1.73 bits per heavy atom. The summed E-state index contributed by atoms with van der Waals surface area (Å²) in [6, 6.07) is 9.49. The summed E-state index contributed by atoms with van der Waals surface area (Å²) in [6.07, 6.45) is -9.58. The zero-order valence-corrected chi connectivity index (χ0v) is 17.2. The van der Waals surface area contributed by atoms with Crippen molar-refractivity contribution >= 4 is 29.1 Å². The lowest BCUT2D eigenvalue weighted by molar-refractivity contribution is -0.274. The predicted octanol–water partition coefficient (Wildman–Crippen LogP) is 5.86. The third-order valence-electron chi connectivity index (χ3n) is 4.03. The number of hydrogen-bond donors (Lipinski definition) is 3. The van der Waals surface area contributed by atoms with E-state index in [2.05, 4.69) is 25.3 Å². The average molecular weight is 493 g/mol. The van der Waals surface area contributed by atoms with Gasteiger partial charge in [0.15, 0.2) is 0 Å². The smallest absolute Gasteiger partial charge is 0.406 e. The summed E-state index contributed by atoms with van der Waals surface area (Å²) in [4.78, 5) is 8.30. The summed E-state index contributed by atoms with van der Waals surface area (Å²) in [5, 5.41) is 13.9. The molecule has 0 aliphatic rings. The summed E-state index contributed by atoms with van der Waals surface area (Å²) >= 11 is 5.63. The molecule has 0 spiro atoms. The Morgan fingerprint density at radius 1 is 0.970 bits per heavy atom. The van der Waals surface area contributed by atoms with E-state index in [0.717, 1.165) is 24.3 Å². The summed E-state index contributed by atoms with van der Waals surface area (Å²) in [5.74, 6) is -0.459. The maximum Gasteiger partial charge on any atom is 0.573 e. The van der Waals surface area contributed by atoms with Crippen molar-refractivity contribution in [3.05, 3.63) is 59.1 Å². The molecule has 0 radical (unpaired) electrons. The fourth-order valence-electron chi connectivity index (χ4n) is 2.73. The second-order valence-electron chi connectivity index (χ2n) is 6.51. The van der Waals surface area contributed by atoms with Crippen molar-refractivity contribution in [1.29, 1.82) is 0 Å². The molecule has 0 bridgehead atoms. The lowest BCUT2D eigenvalue weighted by Crippen LogP contribution is -2.17. The van der Waals surface area contributed by atoms with Crippen LogP contribution in [0.4, 0.5) is 43.8 Å². The molecular weight excluding hydrogens is 478 g/mol. The second kappa shape index (κ2) is 9.71. The quantitative estimate of drug-likeness (QED) is 0.358. The first-order chi connectivity index (χ1) is 15.4. The highest BCUT2D eigenvalue weighted by Crippen LogP contribution is 2.37. The first-order valence-electron chi connectivity index (χ1n) is 9.18. The van der Waals surface area contributed by atoms with Gasteiger partial charge in [0.1, 0.15) is 11.6 Å². The standard InChI is InChI=1S/C20H15ClF6N4O2/c21-15-5-4-12(9-14(15)19(22,23)24)29-17-10-16(30-18(31-17)28-6-7-32)11-2-1-3-13(8-11)33-20(25,26)27/h1-5,8-10,32H,6-7H2,(H2,28,29,30,31). The highest BCUT2D eigenvalue weighted by atomic mass is 35.5. The second-order valence-corrected chi connectivity index (χ2v) is 6.91. The molecule has 3 aromatic rings. The van der Waals surface area contributed by atoms with Gasteiger partial charge < -0.3 is 20.5 Å². The monoisotopic (exact) mass is 492 g/mol. The number of benzene rings is 2. The van der Waals surface area contributed by atoms with Crippen LogP contribution in [0.2, 0.25) is 5.02 Å². The molecule has 0 aliphatic carbocycles. The van der Waals surface area contributed by atoms with E-state index in [4.69, 9.17) is 16.7 Å². The molecule has 0 amide bonds. The molecule has 0 aliphatic heterocycles. The van der Waals surface area contributed by atoms with Gasteiger partial charge in [0.05, 0.1) is 22.9 Å². The number of hydrogen-bond acceptors (Lipinski definition) is 6. The normalized spacial score (nSPS) is 11.9. The van der Waals surface area contributed by atoms with Gasteiger partial charge in [-0.2, -0.15) is 18.2 Å². The fourth-order valence-corrected chi connectivity index (χ4v) is 2.95. The SMILES string of the molecule is OCCNc1nc(Nc2ccc(Cl)c(C(F)(F)F)c2)cc(-c2cccc(OC(F)(F)F)c2)n1. The Kier molecular flexibility index (Phi) is 7.18. The zero-order valence-electron chi connectivity index (χ0n) is 16.4. The predicted molar refractivity (Wildman–Crippen MR) is 109 cm³/mol. The van der Waals surface area contributed by atoms with E-state index >= 15 is 0 Å². The number of anilines is 3. The molecule has 0 atom stereocenters. The third-order valence-corrected chi connectivity index (χ3v) is 4.36. The Labute approximate surface area is 188 Å². The van der Waals surface area contributed by atoms with Crippen molar-refractivity contribution in [1.82, 2.24) is 9.97 Å².